The average molecular weight is 1270 g/mol. The van der Waals surface area contributed by atoms with Crippen molar-refractivity contribution in [1.29, 1.82) is 0 Å². The van der Waals surface area contributed by atoms with Gasteiger partial charge in [-0.3, -0.25) is 0 Å². The van der Waals surface area contributed by atoms with Crippen LogP contribution in [0.3, 0.4) is 0 Å². The molecule has 13 rings (SSSR count). The van der Waals surface area contributed by atoms with Crippen LogP contribution in [0.2, 0.25) is 0 Å². The number of aryl methyl sites for hydroxylation is 6. The molecule has 0 saturated carbocycles. The summed E-state index contributed by atoms with van der Waals surface area (Å²) in [6.07, 6.45) is 14.3. The standard InChI is InChI=1S/C88H106B2N6/c1-21-23-25-27-41-93-77-39-33-64(91-95-73-35-29-60(85(9,10)11)47-65(73)66-48-61(86(12,13)14)30-36-74(66)95)51-70(77)90(84-58(7)45-55(4)46-59(84)8)71-53-79-69(52-80(71)93)89-83-78(94(79)42-28-26-24-22-2)40-34-72(82(83)81-56(5)43-54(3)44-57(81)6)92-96-75-37-31-62(87(15,16)17)49-67(75)68-50-63(88(18,19)20)32-38-76(68)96/h29-40,43-53,82,91-92H,21-28,41-42H2,1-20H3. The Morgan fingerprint density at radius 2 is 0.854 bits per heavy atom. The molecular weight excluding hydrogens is 1160 g/mol. The van der Waals surface area contributed by atoms with Gasteiger partial charge in [0.1, 0.15) is 0 Å². The van der Waals surface area contributed by atoms with Crippen molar-refractivity contribution in [2.24, 2.45) is 0 Å². The fourth-order valence-corrected chi connectivity index (χ4v) is 16.5. The average Bonchev–Trinajstić information content (AvgIpc) is 0.992. The molecule has 0 radical (unpaired) electrons. The van der Waals surface area contributed by atoms with E-state index in [-0.39, 0.29) is 34.3 Å². The van der Waals surface area contributed by atoms with Crippen LogP contribution < -0.4 is 42.5 Å². The molecule has 10 aromatic rings. The Morgan fingerprint density at radius 3 is 1.31 bits per heavy atom. The number of unbranched alkanes of at least 4 members (excludes halogenated alkanes) is 6. The molecule has 2 aromatic heterocycles. The molecule has 96 heavy (non-hydrogen) atoms. The van der Waals surface area contributed by atoms with Crippen LogP contribution in [0.4, 0.5) is 22.7 Å². The molecule has 3 aliphatic rings. The number of anilines is 4. The second-order valence-corrected chi connectivity index (χ2v) is 33.3. The number of nitrogens with zero attached hydrogens (tertiary/aromatic N) is 4. The van der Waals surface area contributed by atoms with Crippen LogP contribution in [0.25, 0.3) is 43.6 Å². The van der Waals surface area contributed by atoms with E-state index in [0.29, 0.717) is 0 Å². The van der Waals surface area contributed by atoms with Gasteiger partial charge >= 0.3 is 492 Å². The molecule has 1 aliphatic carbocycles. The van der Waals surface area contributed by atoms with E-state index in [9.17, 15) is 0 Å². The summed E-state index contributed by atoms with van der Waals surface area (Å²) in [5.41, 5.74) is 42.1. The SMILES string of the molecule is CCCCCCN1C2=CC=C(Nn3c4ccc(C(C)(C)C)cc4c4cc(C(C)(C)C)ccc43)C(c3c(C)cc(C)cc3C)C2=Bc2cc3c(cc21)B(c1c(C)cc(C)cc1C)c1cc(Nn2c4ccc(C(C)(C)C)cc4c4cc(C(C)(C)C)ccc42)ccc1N3CCCCCC. The van der Waals surface area contributed by atoms with Gasteiger partial charge in [-0.15, -0.1) is 0 Å². The molecule has 1 atom stereocenters. The Balaban J connectivity index is 1.02. The van der Waals surface area contributed by atoms with Crippen LogP contribution in [-0.4, -0.2) is 41.5 Å². The third-order valence-electron chi connectivity index (χ3n) is 21.6. The number of aromatic nitrogens is 2. The molecular formula is C88H106B2N6. The van der Waals surface area contributed by atoms with E-state index >= 15 is 0 Å². The van der Waals surface area contributed by atoms with Crippen molar-refractivity contribution in [3.8, 4) is 0 Å². The first-order chi connectivity index (χ1) is 45.5. The predicted molar refractivity (Wildman–Crippen MR) is 423 cm³/mol. The molecule has 4 heterocycles. The topological polar surface area (TPSA) is 40.4 Å². The molecule has 8 aromatic carbocycles. The summed E-state index contributed by atoms with van der Waals surface area (Å²) < 4.78 is 4.78. The van der Waals surface area contributed by atoms with Crippen LogP contribution in [-0.2, 0) is 21.7 Å². The molecule has 494 valence electrons. The zero-order chi connectivity index (χ0) is 68.2. The minimum absolute atomic E-state index is 0.00176. The van der Waals surface area contributed by atoms with Gasteiger partial charge in [0.15, 0.2) is 0 Å². The minimum atomic E-state index is -0.0823. The molecule has 0 amide bonds. The van der Waals surface area contributed by atoms with Gasteiger partial charge in [0.2, 0.25) is 0 Å². The van der Waals surface area contributed by atoms with Crippen LogP contribution in [0, 0.1) is 41.5 Å². The summed E-state index contributed by atoms with van der Waals surface area (Å²) in [7, 11) is 0. The second kappa shape index (κ2) is 25.2. The number of nitrogens with one attached hydrogen (secondary N) is 2. The first-order valence-corrected chi connectivity index (χ1v) is 36.4. The Kier molecular flexibility index (Phi) is 17.5. The van der Waals surface area contributed by atoms with Gasteiger partial charge in [-0.25, -0.2) is 0 Å². The number of benzene rings is 8. The second-order valence-electron chi connectivity index (χ2n) is 33.3. The summed E-state index contributed by atoms with van der Waals surface area (Å²) in [6.45, 7) is 51.0. The summed E-state index contributed by atoms with van der Waals surface area (Å²) in [6, 6.07) is 51.0. The summed E-state index contributed by atoms with van der Waals surface area (Å²) in [5, 5.41) is 5.13. The van der Waals surface area contributed by atoms with Gasteiger partial charge in [0.25, 0.3) is 0 Å². The number of fused-ring (bicyclic) bond motifs is 10. The Morgan fingerprint density at radius 1 is 0.417 bits per heavy atom. The summed E-state index contributed by atoms with van der Waals surface area (Å²) >= 11 is 0. The fourth-order valence-electron chi connectivity index (χ4n) is 16.5. The van der Waals surface area contributed by atoms with Crippen molar-refractivity contribution in [3.63, 3.8) is 0 Å². The molecule has 0 saturated heterocycles. The third kappa shape index (κ3) is 12.2. The van der Waals surface area contributed by atoms with Gasteiger partial charge in [0, 0.05) is 0 Å². The molecule has 0 spiro atoms. The zero-order valence-corrected chi connectivity index (χ0v) is 61.9. The molecule has 2 aliphatic heterocycles. The van der Waals surface area contributed by atoms with E-state index in [1.807, 2.05) is 0 Å². The monoisotopic (exact) mass is 1270 g/mol. The zero-order valence-electron chi connectivity index (χ0n) is 61.9. The van der Waals surface area contributed by atoms with E-state index < -0.39 is 0 Å². The van der Waals surface area contributed by atoms with Crippen LogP contribution in [0.1, 0.15) is 215 Å². The van der Waals surface area contributed by atoms with Gasteiger partial charge in [-0.1, -0.05) is 53.7 Å². The quantitative estimate of drug-likeness (QED) is 0.0747. The van der Waals surface area contributed by atoms with Crippen molar-refractivity contribution in [2.45, 2.75) is 217 Å². The molecule has 1 unspecified atom stereocenters. The number of hydrogen-bond acceptors (Lipinski definition) is 4. The van der Waals surface area contributed by atoms with Gasteiger partial charge in [0.05, 0.1) is 0 Å². The molecule has 0 bridgehead atoms. The molecule has 8 heteroatoms. The summed E-state index contributed by atoms with van der Waals surface area (Å²) in [5.74, 6) is -0.0823. The Bertz CT molecular complexity index is 4630. The Hall–Kier alpha value is -7.96. The maximum absolute atomic E-state index is 4.26. The normalized spacial score (nSPS) is 15.0. The van der Waals surface area contributed by atoms with Crippen LogP contribution in [0.5, 0.6) is 0 Å². The van der Waals surface area contributed by atoms with Crippen molar-refractivity contribution in [1.82, 2.24) is 9.35 Å². The van der Waals surface area contributed by atoms with Crippen molar-refractivity contribution >= 4 is 107 Å². The Labute approximate surface area is 576 Å². The van der Waals surface area contributed by atoms with E-state index in [0.717, 1.165) is 31.6 Å². The molecule has 2 N–H and O–H groups in total. The summed E-state index contributed by atoms with van der Waals surface area (Å²) in [4.78, 5) is 5.49. The van der Waals surface area contributed by atoms with Gasteiger partial charge in [-0.2, -0.15) is 0 Å². The maximum atomic E-state index is 4.26. The van der Waals surface area contributed by atoms with Crippen LogP contribution in [0.15, 0.2) is 151 Å². The molecule has 0 fully saturated rings. The first kappa shape index (κ1) is 66.6. The fraction of sp³-hybridized carbons (Fsp3) is 0.398. The predicted octanol–water partition coefficient (Wildman–Crippen LogP) is 20.1. The van der Waals surface area contributed by atoms with E-state index in [2.05, 4.69) is 315 Å². The van der Waals surface area contributed by atoms with Crippen LogP contribution >= 0.6 is 0 Å². The van der Waals surface area contributed by atoms with Gasteiger partial charge < -0.3 is 0 Å². The van der Waals surface area contributed by atoms with Crippen molar-refractivity contribution in [2.75, 3.05) is 33.7 Å². The number of hydrogen-bond donors (Lipinski definition) is 2. The van der Waals surface area contributed by atoms with Crippen molar-refractivity contribution in [3.05, 3.63) is 212 Å². The molecule has 6 nitrogen and oxygen atoms in total. The van der Waals surface area contributed by atoms with Crippen molar-refractivity contribution < 1.29 is 0 Å². The van der Waals surface area contributed by atoms with E-state index in [4.69, 9.17) is 0 Å². The number of allylic oxidation sites excluding steroid dienone is 4. The van der Waals surface area contributed by atoms with E-state index in [1.54, 1.807) is 0 Å². The van der Waals surface area contributed by atoms with E-state index in [1.165, 1.54) is 199 Å². The third-order valence-corrected chi connectivity index (χ3v) is 21.6. The van der Waals surface area contributed by atoms with Gasteiger partial charge in [-0.05, 0) is 34.1 Å². The number of rotatable bonds is 16. The first-order valence-electron chi connectivity index (χ1n) is 36.4.